The van der Waals surface area contributed by atoms with E-state index in [0.29, 0.717) is 31.0 Å². The van der Waals surface area contributed by atoms with Gasteiger partial charge in [-0.2, -0.15) is 13.2 Å². The van der Waals surface area contributed by atoms with Crippen molar-refractivity contribution in [2.24, 2.45) is 0 Å². The van der Waals surface area contributed by atoms with E-state index < -0.39 is 17.6 Å². The average molecular weight is 325 g/mol. The predicted octanol–water partition coefficient (Wildman–Crippen LogP) is 2.04. The van der Waals surface area contributed by atoms with Crippen LogP contribution in [0.4, 0.5) is 24.7 Å². The Hall–Kier alpha value is -2.58. The van der Waals surface area contributed by atoms with E-state index >= 15 is 0 Å². The van der Waals surface area contributed by atoms with E-state index in [9.17, 15) is 13.2 Å². The molecule has 0 aromatic carbocycles. The number of hydrogen-bond donors (Lipinski definition) is 1. The number of anilines is 2. The predicted molar refractivity (Wildman–Crippen MR) is 77.0 cm³/mol. The van der Waals surface area contributed by atoms with Crippen LogP contribution < -0.4 is 15.4 Å². The minimum Gasteiger partial charge on any atom is -0.481 e. The Morgan fingerprint density at radius 1 is 1.26 bits per heavy atom. The Bertz CT molecular complexity index is 735. The second-order valence-electron chi connectivity index (χ2n) is 5.10. The number of pyridine rings is 1. The van der Waals surface area contributed by atoms with Crippen molar-refractivity contribution in [3.63, 3.8) is 0 Å². The van der Waals surface area contributed by atoms with E-state index in [1.54, 1.807) is 4.90 Å². The molecule has 0 amide bonds. The molecule has 23 heavy (non-hydrogen) atoms. The molecule has 0 aliphatic carbocycles. The Kier molecular flexibility index (Phi) is 3.70. The number of halogens is 3. The number of rotatable bonds is 2. The highest BCUT2D eigenvalue weighted by Gasteiger charge is 2.36. The maximum absolute atomic E-state index is 13.1. The van der Waals surface area contributed by atoms with E-state index in [2.05, 4.69) is 15.0 Å². The summed E-state index contributed by atoms with van der Waals surface area (Å²) in [6, 6.07) is 1.04. The Morgan fingerprint density at radius 3 is 2.74 bits per heavy atom. The van der Waals surface area contributed by atoms with Crippen molar-refractivity contribution in [2.75, 3.05) is 24.3 Å². The van der Waals surface area contributed by atoms with Gasteiger partial charge in [0.05, 0.1) is 24.7 Å². The summed E-state index contributed by atoms with van der Waals surface area (Å²) in [6.07, 6.45) is -1.21. The zero-order valence-electron chi connectivity index (χ0n) is 12.3. The number of fused-ring (bicyclic) bond motifs is 1. The van der Waals surface area contributed by atoms with Gasteiger partial charge in [0, 0.05) is 25.1 Å². The molecule has 0 saturated heterocycles. The summed E-state index contributed by atoms with van der Waals surface area (Å²) in [7, 11) is 1.16. The number of hydrogen-bond acceptors (Lipinski definition) is 6. The molecule has 9 heteroatoms. The highest BCUT2D eigenvalue weighted by atomic mass is 19.4. The third-order valence-electron chi connectivity index (χ3n) is 3.74. The minimum atomic E-state index is -4.54. The van der Waals surface area contributed by atoms with E-state index in [4.69, 9.17) is 10.5 Å². The van der Waals surface area contributed by atoms with Crippen LogP contribution in [0, 0.1) is 0 Å². The second kappa shape index (κ2) is 5.56. The normalized spacial score (nSPS) is 14.5. The first kappa shape index (κ1) is 15.3. The number of ether oxygens (including phenoxy) is 1. The number of aromatic nitrogens is 3. The fraction of sp³-hybridized carbons (Fsp3) is 0.357. The van der Waals surface area contributed by atoms with Crippen LogP contribution in [-0.4, -0.2) is 28.6 Å². The van der Waals surface area contributed by atoms with Gasteiger partial charge in [0.1, 0.15) is 17.7 Å². The first-order chi connectivity index (χ1) is 10.9. The molecule has 3 heterocycles. The summed E-state index contributed by atoms with van der Waals surface area (Å²) < 4.78 is 44.0. The summed E-state index contributed by atoms with van der Waals surface area (Å²) >= 11 is 0. The highest BCUT2D eigenvalue weighted by molar-refractivity contribution is 5.54. The molecule has 6 nitrogen and oxygen atoms in total. The van der Waals surface area contributed by atoms with Gasteiger partial charge >= 0.3 is 6.18 Å². The first-order valence-corrected chi connectivity index (χ1v) is 6.84. The van der Waals surface area contributed by atoms with Gasteiger partial charge in [-0.3, -0.25) is 0 Å². The van der Waals surface area contributed by atoms with E-state index in [0.717, 1.165) is 24.4 Å². The van der Waals surface area contributed by atoms with E-state index in [-0.39, 0.29) is 0 Å². The molecule has 2 aromatic heterocycles. The molecule has 1 aliphatic heterocycles. The summed E-state index contributed by atoms with van der Waals surface area (Å²) in [5, 5.41) is 0. The second-order valence-corrected chi connectivity index (χ2v) is 5.10. The number of alkyl halides is 3. The SMILES string of the molecule is COc1ncc(N2CCc3ncnc(N)c3C2)cc1C(F)(F)F. The zero-order valence-corrected chi connectivity index (χ0v) is 12.3. The molecule has 0 saturated carbocycles. The lowest BCUT2D eigenvalue weighted by Gasteiger charge is -2.30. The smallest absolute Gasteiger partial charge is 0.421 e. The van der Waals surface area contributed by atoms with Crippen LogP contribution in [0.2, 0.25) is 0 Å². The molecule has 0 bridgehead atoms. The molecule has 1 aliphatic rings. The molecule has 3 rings (SSSR count). The lowest BCUT2D eigenvalue weighted by molar-refractivity contribution is -0.139. The van der Waals surface area contributed by atoms with Crippen molar-refractivity contribution in [3.05, 3.63) is 35.4 Å². The Balaban J connectivity index is 1.96. The summed E-state index contributed by atoms with van der Waals surface area (Å²) in [4.78, 5) is 13.6. The fourth-order valence-corrected chi connectivity index (χ4v) is 2.56. The van der Waals surface area contributed by atoms with E-state index in [1.807, 2.05) is 0 Å². The van der Waals surface area contributed by atoms with Crippen molar-refractivity contribution in [1.82, 2.24) is 15.0 Å². The van der Waals surface area contributed by atoms with Gasteiger partial charge in [-0.05, 0) is 6.07 Å². The van der Waals surface area contributed by atoms with Crippen LogP contribution in [0.25, 0.3) is 0 Å². The van der Waals surface area contributed by atoms with Crippen molar-refractivity contribution in [1.29, 1.82) is 0 Å². The van der Waals surface area contributed by atoms with Crippen LogP contribution in [-0.2, 0) is 19.1 Å². The molecule has 0 atom stereocenters. The fourth-order valence-electron chi connectivity index (χ4n) is 2.56. The lowest BCUT2D eigenvalue weighted by atomic mass is 10.1. The molecule has 0 unspecified atom stereocenters. The summed E-state index contributed by atoms with van der Waals surface area (Å²) in [5.74, 6) is -0.0984. The maximum Gasteiger partial charge on any atom is 0.421 e. The number of nitrogen functional groups attached to an aromatic ring is 1. The van der Waals surface area contributed by atoms with Crippen LogP contribution in [0.5, 0.6) is 5.88 Å². The van der Waals surface area contributed by atoms with Crippen molar-refractivity contribution in [2.45, 2.75) is 19.1 Å². The lowest BCUT2D eigenvalue weighted by Crippen LogP contribution is -2.32. The van der Waals surface area contributed by atoms with E-state index in [1.165, 1.54) is 12.5 Å². The average Bonchev–Trinajstić information content (AvgIpc) is 2.53. The van der Waals surface area contributed by atoms with Gasteiger partial charge in [-0.25, -0.2) is 15.0 Å². The molecular weight excluding hydrogens is 311 g/mol. The molecule has 0 spiro atoms. The van der Waals surface area contributed by atoms with Crippen molar-refractivity contribution >= 4 is 11.5 Å². The number of nitrogens with zero attached hydrogens (tertiary/aromatic N) is 4. The quantitative estimate of drug-likeness (QED) is 0.910. The molecule has 2 aromatic rings. The summed E-state index contributed by atoms with van der Waals surface area (Å²) in [5.41, 5.74) is 6.85. The Labute approximate surface area is 130 Å². The third-order valence-corrected chi connectivity index (χ3v) is 3.74. The van der Waals surface area contributed by atoms with Crippen LogP contribution in [0.1, 0.15) is 16.8 Å². The number of methoxy groups -OCH3 is 1. The topological polar surface area (TPSA) is 77.2 Å². The Morgan fingerprint density at radius 2 is 2.04 bits per heavy atom. The van der Waals surface area contributed by atoms with Gasteiger partial charge in [-0.15, -0.1) is 0 Å². The highest BCUT2D eigenvalue weighted by Crippen LogP contribution is 2.37. The van der Waals surface area contributed by atoms with Crippen molar-refractivity contribution in [3.8, 4) is 5.88 Å². The molecule has 2 N–H and O–H groups in total. The van der Waals surface area contributed by atoms with Crippen LogP contribution in [0.3, 0.4) is 0 Å². The maximum atomic E-state index is 13.1. The van der Waals surface area contributed by atoms with Gasteiger partial charge < -0.3 is 15.4 Å². The van der Waals surface area contributed by atoms with Crippen LogP contribution in [0.15, 0.2) is 18.6 Å². The van der Waals surface area contributed by atoms with Gasteiger partial charge in [0.25, 0.3) is 0 Å². The van der Waals surface area contributed by atoms with Gasteiger partial charge in [0.2, 0.25) is 5.88 Å². The summed E-state index contributed by atoms with van der Waals surface area (Å²) in [6.45, 7) is 0.863. The third kappa shape index (κ3) is 2.86. The van der Waals surface area contributed by atoms with Crippen LogP contribution >= 0.6 is 0 Å². The van der Waals surface area contributed by atoms with Gasteiger partial charge in [-0.1, -0.05) is 0 Å². The number of nitrogens with two attached hydrogens (primary N) is 1. The molecule has 0 radical (unpaired) electrons. The standard InChI is InChI=1S/C14H14F3N5O/c1-23-13-10(14(15,16)17)4-8(5-19-13)22-3-2-11-9(6-22)12(18)21-7-20-11/h4-5,7H,2-3,6H2,1H3,(H2,18,20,21). The molecular formula is C14H14F3N5O. The zero-order chi connectivity index (χ0) is 16.6. The van der Waals surface area contributed by atoms with Crippen molar-refractivity contribution < 1.29 is 17.9 Å². The molecule has 122 valence electrons. The van der Waals surface area contributed by atoms with Gasteiger partial charge in [0.15, 0.2) is 0 Å². The largest absolute Gasteiger partial charge is 0.481 e. The monoisotopic (exact) mass is 325 g/mol. The first-order valence-electron chi connectivity index (χ1n) is 6.84. The molecule has 0 fully saturated rings. The minimum absolute atomic E-state index is 0.341.